The van der Waals surface area contributed by atoms with Gasteiger partial charge in [0.2, 0.25) is 0 Å². The van der Waals surface area contributed by atoms with Gasteiger partial charge in [-0.05, 0) is 64.4 Å². The van der Waals surface area contributed by atoms with Gasteiger partial charge in [-0.3, -0.25) is 14.3 Å². The summed E-state index contributed by atoms with van der Waals surface area (Å²) < 4.78 is 35.8. The van der Waals surface area contributed by atoms with Gasteiger partial charge < -0.3 is 38.6 Å². The Morgan fingerprint density at radius 1 is 1.06 bits per heavy atom. The van der Waals surface area contributed by atoms with E-state index in [0.29, 0.717) is 32.2 Å². The van der Waals surface area contributed by atoms with Gasteiger partial charge in [0, 0.05) is 32.6 Å². The number of methoxy groups -OCH3 is 2. The Kier molecular flexibility index (Phi) is 16.7. The first-order chi connectivity index (χ1) is 23.8. The highest BCUT2D eigenvalue weighted by atomic mass is 16.7. The summed E-state index contributed by atoms with van der Waals surface area (Å²) in [4.78, 5) is 38.6. The third kappa shape index (κ3) is 11.8. The number of esters is 2. The maximum Gasteiger partial charge on any atom is 0.360 e. The first-order valence-electron chi connectivity index (χ1n) is 17.7. The minimum absolute atomic E-state index is 0.00666. The molecule has 282 valence electrons. The Labute approximate surface area is 295 Å². The van der Waals surface area contributed by atoms with Crippen molar-refractivity contribution in [2.75, 3.05) is 27.4 Å². The van der Waals surface area contributed by atoms with Gasteiger partial charge in [0.05, 0.1) is 38.0 Å². The number of aliphatic hydroxyl groups excluding tert-OH is 2. The topological polar surface area (TPSA) is 178 Å². The average Bonchev–Trinajstić information content (AvgIpc) is 3.57. The molecule has 14 heteroatoms. The SMILES string of the molecule is CCOC(=O)c1cn(CC[C@H]2C[C@@H](C)C(=O)/C=C/C(C)=C/[C@H](COC3OC(C)C(O)C(OC)C3OC)[C@@H](CC)OC(=O)C[C@@H](O)[C@H](C)C2)nn1. The van der Waals surface area contributed by atoms with Crippen LogP contribution in [0.1, 0.15) is 84.1 Å². The second-order valence-electron chi connectivity index (χ2n) is 13.5. The van der Waals surface area contributed by atoms with Crippen molar-refractivity contribution in [2.45, 2.75) is 123 Å². The van der Waals surface area contributed by atoms with E-state index in [0.717, 1.165) is 5.57 Å². The van der Waals surface area contributed by atoms with Gasteiger partial charge in [-0.1, -0.05) is 43.7 Å². The van der Waals surface area contributed by atoms with E-state index in [1.807, 2.05) is 33.8 Å². The smallest absolute Gasteiger partial charge is 0.360 e. The quantitative estimate of drug-likeness (QED) is 0.320. The molecule has 0 radical (unpaired) electrons. The van der Waals surface area contributed by atoms with Crippen LogP contribution in [0.5, 0.6) is 0 Å². The van der Waals surface area contributed by atoms with Crippen LogP contribution in [-0.4, -0.2) is 113 Å². The van der Waals surface area contributed by atoms with E-state index in [2.05, 4.69) is 10.3 Å². The highest BCUT2D eigenvalue weighted by Crippen LogP contribution is 2.30. The van der Waals surface area contributed by atoms with Gasteiger partial charge >= 0.3 is 11.9 Å². The van der Waals surface area contributed by atoms with Gasteiger partial charge in [-0.2, -0.15) is 0 Å². The Balaban J connectivity index is 1.81. The molecule has 2 aliphatic rings. The summed E-state index contributed by atoms with van der Waals surface area (Å²) in [5.41, 5.74) is 0.903. The molecule has 3 heterocycles. The van der Waals surface area contributed by atoms with Crippen LogP contribution in [0, 0.1) is 23.7 Å². The lowest BCUT2D eigenvalue weighted by Crippen LogP contribution is -2.59. The molecule has 0 spiro atoms. The van der Waals surface area contributed by atoms with Crippen molar-refractivity contribution in [3.63, 3.8) is 0 Å². The van der Waals surface area contributed by atoms with Crippen LogP contribution in [0.15, 0.2) is 30.0 Å². The first-order valence-corrected chi connectivity index (χ1v) is 17.7. The van der Waals surface area contributed by atoms with E-state index in [9.17, 15) is 24.6 Å². The fourth-order valence-corrected chi connectivity index (χ4v) is 6.59. The Hall–Kier alpha value is -3.01. The lowest BCUT2D eigenvalue weighted by Gasteiger charge is -2.42. The lowest BCUT2D eigenvalue weighted by molar-refractivity contribution is -0.304. The number of nitrogens with zero attached hydrogens (tertiary/aromatic N) is 3. The molecule has 0 aromatic carbocycles. The summed E-state index contributed by atoms with van der Waals surface area (Å²) in [6, 6.07) is 0. The van der Waals surface area contributed by atoms with Crippen LogP contribution in [0.2, 0.25) is 0 Å². The van der Waals surface area contributed by atoms with Crippen molar-refractivity contribution in [2.24, 2.45) is 23.7 Å². The molecule has 50 heavy (non-hydrogen) atoms. The van der Waals surface area contributed by atoms with Crippen molar-refractivity contribution in [1.29, 1.82) is 0 Å². The van der Waals surface area contributed by atoms with Crippen LogP contribution in [0.3, 0.4) is 0 Å². The molecule has 2 N–H and O–H groups in total. The monoisotopic (exact) mass is 707 g/mol. The number of hydrogen-bond donors (Lipinski definition) is 2. The summed E-state index contributed by atoms with van der Waals surface area (Å²) in [6.07, 6.45) is 3.49. The van der Waals surface area contributed by atoms with Crippen molar-refractivity contribution in [3.05, 3.63) is 35.7 Å². The summed E-state index contributed by atoms with van der Waals surface area (Å²) in [5, 5.41) is 29.6. The molecule has 5 unspecified atom stereocenters. The van der Waals surface area contributed by atoms with Crippen molar-refractivity contribution >= 4 is 17.7 Å². The molecule has 3 rings (SSSR count). The van der Waals surface area contributed by atoms with Gasteiger partial charge in [0.25, 0.3) is 0 Å². The third-order valence-electron chi connectivity index (χ3n) is 9.61. The first kappa shape index (κ1) is 41.4. The second-order valence-corrected chi connectivity index (χ2v) is 13.5. The normalized spacial score (nSPS) is 35.2. The van der Waals surface area contributed by atoms with E-state index in [-0.39, 0.29) is 48.9 Å². The Morgan fingerprint density at radius 2 is 1.78 bits per heavy atom. The predicted octanol–water partition coefficient (Wildman–Crippen LogP) is 3.44. The number of hydrogen-bond acceptors (Lipinski definition) is 13. The van der Waals surface area contributed by atoms with E-state index in [4.69, 9.17) is 28.4 Å². The number of cyclic esters (lactones) is 1. The average molecular weight is 708 g/mol. The molecular weight excluding hydrogens is 650 g/mol. The van der Waals surface area contributed by atoms with Crippen molar-refractivity contribution in [1.82, 2.24) is 15.0 Å². The standard InChI is InChI=1S/C36H57N3O11/c1-9-30-26(20-48-36-34(46-8)33(45-7)32(43)24(6)49-36)15-21(3)11-12-28(40)22(4)16-25(17-23(5)29(41)18-31(42)50-30)13-14-39-19-27(37-38-39)35(44)47-10-2/h11-12,15,19,22-26,29-30,32-34,36,41,43H,9-10,13-14,16-18,20H2,1-8H3/b12-11+,21-15+/t22-,23-,24?,25+,26-,29-,30-,32?,33?,34?,36?/m1/s1. The summed E-state index contributed by atoms with van der Waals surface area (Å²) in [7, 11) is 2.98. The number of aryl methyl sites for hydroxylation is 1. The number of ether oxygens (including phenoxy) is 6. The molecule has 0 amide bonds. The summed E-state index contributed by atoms with van der Waals surface area (Å²) in [6.45, 7) is 11.7. The number of rotatable bonds is 11. The van der Waals surface area contributed by atoms with Crippen molar-refractivity contribution in [3.8, 4) is 0 Å². The number of carbonyl (C=O) groups is 3. The number of aliphatic hydroxyl groups is 2. The van der Waals surface area contributed by atoms with Crippen LogP contribution >= 0.6 is 0 Å². The molecular formula is C36H57N3O11. The van der Waals surface area contributed by atoms with Crippen molar-refractivity contribution < 1.29 is 53.0 Å². The highest BCUT2D eigenvalue weighted by Gasteiger charge is 2.45. The highest BCUT2D eigenvalue weighted by molar-refractivity contribution is 5.91. The number of carbonyl (C=O) groups excluding carboxylic acids is 3. The Bertz CT molecular complexity index is 1300. The molecule has 0 aliphatic carbocycles. The molecule has 0 bridgehead atoms. The molecule has 1 aromatic heterocycles. The summed E-state index contributed by atoms with van der Waals surface area (Å²) >= 11 is 0. The molecule has 2 aliphatic heterocycles. The van der Waals surface area contributed by atoms with E-state index < -0.39 is 60.8 Å². The zero-order valence-electron chi connectivity index (χ0n) is 30.7. The fourth-order valence-electron chi connectivity index (χ4n) is 6.59. The van der Waals surface area contributed by atoms with E-state index in [1.165, 1.54) is 20.4 Å². The van der Waals surface area contributed by atoms with E-state index >= 15 is 0 Å². The fraction of sp³-hybridized carbons (Fsp3) is 0.750. The molecule has 1 aromatic rings. The predicted molar refractivity (Wildman–Crippen MR) is 182 cm³/mol. The van der Waals surface area contributed by atoms with Gasteiger partial charge in [0.1, 0.15) is 24.4 Å². The van der Waals surface area contributed by atoms with Gasteiger partial charge in [0.15, 0.2) is 17.8 Å². The van der Waals surface area contributed by atoms with Crippen LogP contribution < -0.4 is 0 Å². The van der Waals surface area contributed by atoms with Gasteiger partial charge in [-0.15, -0.1) is 5.10 Å². The number of aromatic nitrogens is 3. The molecule has 14 nitrogen and oxygen atoms in total. The minimum Gasteiger partial charge on any atom is -0.462 e. The second kappa shape index (κ2) is 20.1. The zero-order valence-corrected chi connectivity index (χ0v) is 30.7. The molecule has 1 fully saturated rings. The third-order valence-corrected chi connectivity index (χ3v) is 9.61. The van der Waals surface area contributed by atoms with Crippen LogP contribution in [0.25, 0.3) is 0 Å². The van der Waals surface area contributed by atoms with E-state index in [1.54, 1.807) is 30.7 Å². The maximum atomic E-state index is 13.3. The minimum atomic E-state index is -0.966. The number of allylic oxidation sites excluding steroid dienone is 3. The Morgan fingerprint density at radius 3 is 2.44 bits per heavy atom. The largest absolute Gasteiger partial charge is 0.462 e. The summed E-state index contributed by atoms with van der Waals surface area (Å²) in [5.74, 6) is -2.10. The maximum absolute atomic E-state index is 13.3. The van der Waals surface area contributed by atoms with Crippen LogP contribution in [-0.2, 0) is 44.6 Å². The number of ketones is 1. The molecule has 1 saturated heterocycles. The zero-order chi connectivity index (χ0) is 37.0. The molecule has 0 saturated carbocycles. The van der Waals surface area contributed by atoms with Crippen LogP contribution in [0.4, 0.5) is 0 Å². The van der Waals surface area contributed by atoms with Gasteiger partial charge in [-0.25, -0.2) is 4.79 Å². The molecule has 11 atom stereocenters. The lowest BCUT2D eigenvalue weighted by atomic mass is 9.82.